The first kappa shape index (κ1) is 34.7. The molecule has 0 aromatic rings. The van der Waals surface area contributed by atoms with Crippen molar-refractivity contribution in [3.05, 3.63) is 0 Å². The van der Waals surface area contributed by atoms with Gasteiger partial charge in [-0.1, -0.05) is 78.1 Å². The second-order valence-electron chi connectivity index (χ2n) is 8.82. The van der Waals surface area contributed by atoms with E-state index in [0.717, 1.165) is 26.1 Å². The van der Waals surface area contributed by atoms with Gasteiger partial charge in [0.25, 0.3) is 0 Å². The van der Waals surface area contributed by atoms with E-state index in [9.17, 15) is 0 Å². The SMILES string of the molecule is CCCCCCCCCCOCCOCCOCCOCCOCCOCCOCCCCCC. The second kappa shape index (κ2) is 33.7. The predicted octanol–water partition coefficient (Wildman–Crippen LogP) is 5.82. The molecule has 0 radical (unpaired) electrons. The van der Waals surface area contributed by atoms with E-state index in [1.165, 1.54) is 64.2 Å². The number of unbranched alkanes of at least 4 members (excludes halogenated alkanes) is 10. The van der Waals surface area contributed by atoms with Crippen LogP contribution < -0.4 is 0 Å². The van der Waals surface area contributed by atoms with Crippen molar-refractivity contribution in [3.63, 3.8) is 0 Å². The van der Waals surface area contributed by atoms with Gasteiger partial charge in [0.2, 0.25) is 0 Å². The molecule has 0 bridgehead atoms. The largest absolute Gasteiger partial charge is 0.379 e. The standard InChI is InChI=1S/C28H58O7/c1-3-5-7-9-10-11-12-14-16-30-18-20-32-22-24-34-26-28-35-27-25-33-23-21-31-19-17-29-15-13-8-6-4-2/h3-28H2,1-2H3. The molecule has 0 amide bonds. The molecule has 0 atom stereocenters. The topological polar surface area (TPSA) is 64.6 Å². The van der Waals surface area contributed by atoms with E-state index < -0.39 is 0 Å². The van der Waals surface area contributed by atoms with Crippen LogP contribution in [0.5, 0.6) is 0 Å². The van der Waals surface area contributed by atoms with E-state index in [0.29, 0.717) is 79.3 Å². The smallest absolute Gasteiger partial charge is 0.0701 e. The Kier molecular flexibility index (Phi) is 33.5. The van der Waals surface area contributed by atoms with Gasteiger partial charge < -0.3 is 33.2 Å². The minimum Gasteiger partial charge on any atom is -0.379 e. The molecule has 0 aromatic heterocycles. The van der Waals surface area contributed by atoms with Gasteiger partial charge in [-0.05, 0) is 12.8 Å². The first-order valence-electron chi connectivity index (χ1n) is 14.5. The lowest BCUT2D eigenvalue weighted by molar-refractivity contribution is -0.0206. The van der Waals surface area contributed by atoms with Gasteiger partial charge in [-0.15, -0.1) is 0 Å². The fourth-order valence-corrected chi connectivity index (χ4v) is 3.39. The number of hydrogen-bond acceptors (Lipinski definition) is 7. The third-order valence-electron chi connectivity index (χ3n) is 5.52. The minimum absolute atomic E-state index is 0.566. The van der Waals surface area contributed by atoms with Crippen LogP contribution in [0, 0.1) is 0 Å². The molecule has 0 aliphatic rings. The lowest BCUT2D eigenvalue weighted by atomic mass is 10.1. The molecular weight excluding hydrogens is 448 g/mol. The third-order valence-corrected chi connectivity index (χ3v) is 5.52. The lowest BCUT2D eigenvalue weighted by Gasteiger charge is -2.08. The van der Waals surface area contributed by atoms with Gasteiger partial charge in [-0.3, -0.25) is 0 Å². The van der Waals surface area contributed by atoms with Crippen molar-refractivity contribution in [3.8, 4) is 0 Å². The Morgan fingerprint density at radius 1 is 0.229 bits per heavy atom. The van der Waals surface area contributed by atoms with Gasteiger partial charge >= 0.3 is 0 Å². The van der Waals surface area contributed by atoms with Crippen LogP contribution >= 0.6 is 0 Å². The van der Waals surface area contributed by atoms with E-state index in [2.05, 4.69) is 13.8 Å². The molecule has 212 valence electrons. The fraction of sp³-hybridized carbons (Fsp3) is 1.00. The van der Waals surface area contributed by atoms with Crippen molar-refractivity contribution in [1.82, 2.24) is 0 Å². The van der Waals surface area contributed by atoms with Crippen LogP contribution in [0.1, 0.15) is 90.9 Å². The van der Waals surface area contributed by atoms with Gasteiger partial charge in [0.15, 0.2) is 0 Å². The molecule has 0 heterocycles. The molecule has 0 aromatic carbocycles. The summed E-state index contributed by atoms with van der Waals surface area (Å²) in [6.07, 6.45) is 15.6. The van der Waals surface area contributed by atoms with Crippen molar-refractivity contribution in [2.45, 2.75) is 90.9 Å². The van der Waals surface area contributed by atoms with E-state index in [-0.39, 0.29) is 0 Å². The molecule has 7 nitrogen and oxygen atoms in total. The van der Waals surface area contributed by atoms with Crippen LogP contribution in [0.15, 0.2) is 0 Å². The first-order chi connectivity index (χ1) is 17.4. The Labute approximate surface area is 216 Å². The van der Waals surface area contributed by atoms with Gasteiger partial charge in [0, 0.05) is 13.2 Å². The zero-order valence-electron chi connectivity index (χ0n) is 23.2. The zero-order chi connectivity index (χ0) is 25.3. The summed E-state index contributed by atoms with van der Waals surface area (Å²) in [7, 11) is 0. The normalized spacial score (nSPS) is 11.5. The average molecular weight is 507 g/mol. The van der Waals surface area contributed by atoms with E-state index in [1.54, 1.807) is 0 Å². The Morgan fingerprint density at radius 2 is 0.429 bits per heavy atom. The number of hydrogen-bond donors (Lipinski definition) is 0. The summed E-state index contributed by atoms with van der Waals surface area (Å²) >= 11 is 0. The molecule has 35 heavy (non-hydrogen) atoms. The predicted molar refractivity (Wildman–Crippen MR) is 142 cm³/mol. The molecule has 0 saturated carbocycles. The molecule has 0 unspecified atom stereocenters. The maximum Gasteiger partial charge on any atom is 0.0701 e. The lowest BCUT2D eigenvalue weighted by Crippen LogP contribution is -2.14. The Morgan fingerprint density at radius 3 is 0.714 bits per heavy atom. The summed E-state index contributed by atoms with van der Waals surface area (Å²) < 4.78 is 38.6. The van der Waals surface area contributed by atoms with Crippen molar-refractivity contribution < 1.29 is 33.2 Å². The van der Waals surface area contributed by atoms with Crippen LogP contribution in [0.4, 0.5) is 0 Å². The van der Waals surface area contributed by atoms with Crippen LogP contribution in [-0.4, -0.2) is 92.5 Å². The fourth-order valence-electron chi connectivity index (χ4n) is 3.39. The minimum atomic E-state index is 0.566. The molecule has 0 saturated heterocycles. The Hall–Kier alpha value is -0.280. The Balaban J connectivity index is 3.00. The summed E-state index contributed by atoms with van der Waals surface area (Å²) in [5, 5.41) is 0. The Bertz CT molecular complexity index is 326. The van der Waals surface area contributed by atoms with Crippen molar-refractivity contribution in [1.29, 1.82) is 0 Å². The quantitative estimate of drug-likeness (QED) is 0.106. The van der Waals surface area contributed by atoms with Crippen LogP contribution in [0.25, 0.3) is 0 Å². The molecule has 0 aliphatic heterocycles. The highest BCUT2D eigenvalue weighted by molar-refractivity contribution is 4.46. The molecule has 0 rings (SSSR count). The van der Waals surface area contributed by atoms with E-state index >= 15 is 0 Å². The molecule has 0 aliphatic carbocycles. The summed E-state index contributed by atoms with van der Waals surface area (Å²) in [4.78, 5) is 0. The van der Waals surface area contributed by atoms with Crippen molar-refractivity contribution >= 4 is 0 Å². The second-order valence-corrected chi connectivity index (χ2v) is 8.82. The van der Waals surface area contributed by atoms with Crippen LogP contribution in [0.3, 0.4) is 0 Å². The summed E-state index contributed by atoms with van der Waals surface area (Å²) in [5.74, 6) is 0. The van der Waals surface area contributed by atoms with Gasteiger partial charge in [0.05, 0.1) is 79.3 Å². The van der Waals surface area contributed by atoms with Gasteiger partial charge in [-0.2, -0.15) is 0 Å². The summed E-state index contributed by atoms with van der Waals surface area (Å²) in [6.45, 7) is 13.3. The van der Waals surface area contributed by atoms with Crippen molar-refractivity contribution in [2.75, 3.05) is 92.5 Å². The summed E-state index contributed by atoms with van der Waals surface area (Å²) in [6, 6.07) is 0. The molecule has 7 heteroatoms. The molecule has 0 spiro atoms. The molecular formula is C28H58O7. The highest BCUT2D eigenvalue weighted by Crippen LogP contribution is 2.08. The monoisotopic (exact) mass is 506 g/mol. The van der Waals surface area contributed by atoms with Gasteiger partial charge in [0.1, 0.15) is 0 Å². The van der Waals surface area contributed by atoms with E-state index in [4.69, 9.17) is 33.2 Å². The summed E-state index contributed by atoms with van der Waals surface area (Å²) in [5.41, 5.74) is 0. The highest BCUT2D eigenvalue weighted by Gasteiger charge is 1.96. The maximum absolute atomic E-state index is 5.61. The number of rotatable bonds is 32. The zero-order valence-corrected chi connectivity index (χ0v) is 23.2. The molecule has 0 N–H and O–H groups in total. The third kappa shape index (κ3) is 33.7. The first-order valence-corrected chi connectivity index (χ1v) is 14.5. The van der Waals surface area contributed by atoms with E-state index in [1.807, 2.05) is 0 Å². The van der Waals surface area contributed by atoms with Crippen LogP contribution in [0.2, 0.25) is 0 Å². The maximum atomic E-state index is 5.61. The average Bonchev–Trinajstić information content (AvgIpc) is 2.87. The highest BCUT2D eigenvalue weighted by atomic mass is 16.6. The molecule has 0 fully saturated rings. The van der Waals surface area contributed by atoms with Gasteiger partial charge in [-0.25, -0.2) is 0 Å². The number of ether oxygens (including phenoxy) is 7. The van der Waals surface area contributed by atoms with Crippen LogP contribution in [-0.2, 0) is 33.2 Å². The van der Waals surface area contributed by atoms with Crippen molar-refractivity contribution in [2.24, 2.45) is 0 Å².